The molecule has 0 unspecified atom stereocenters. The molecule has 3 aromatic rings. The Kier molecular flexibility index (Phi) is 3.73. The number of thiazole rings is 1. The van der Waals surface area contributed by atoms with Crippen LogP contribution in [0.25, 0.3) is 10.2 Å². The van der Waals surface area contributed by atoms with Gasteiger partial charge in [0.1, 0.15) is 5.82 Å². The highest BCUT2D eigenvalue weighted by Crippen LogP contribution is 2.18. The Labute approximate surface area is 132 Å². The molecule has 0 bridgehead atoms. The van der Waals surface area contributed by atoms with Crippen molar-refractivity contribution in [2.75, 3.05) is 0 Å². The smallest absolute Gasteiger partial charge is 0.279 e. The number of carbonyl (C=O) groups excluding carboxylic acids is 1. The van der Waals surface area contributed by atoms with Crippen LogP contribution in [0, 0.1) is 5.82 Å². The van der Waals surface area contributed by atoms with Crippen LogP contribution in [0.3, 0.4) is 0 Å². The van der Waals surface area contributed by atoms with Crippen LogP contribution in [0.4, 0.5) is 4.39 Å². The van der Waals surface area contributed by atoms with Gasteiger partial charge in [-0.2, -0.15) is 4.99 Å². The normalized spacial score (nSPS) is 12.0. The van der Waals surface area contributed by atoms with Gasteiger partial charge in [0, 0.05) is 17.1 Å². The van der Waals surface area contributed by atoms with E-state index in [9.17, 15) is 9.18 Å². The lowest BCUT2D eigenvalue weighted by atomic mass is 10.2. The van der Waals surface area contributed by atoms with Crippen LogP contribution in [-0.2, 0) is 7.05 Å². The molecular formula is C15H10BrFN2OS. The zero-order valence-electron chi connectivity index (χ0n) is 11.0. The molecule has 0 atom stereocenters. The molecule has 1 amide bonds. The zero-order valence-corrected chi connectivity index (χ0v) is 13.4. The lowest BCUT2D eigenvalue weighted by molar-refractivity contribution is 0.0998. The quantitative estimate of drug-likeness (QED) is 0.645. The van der Waals surface area contributed by atoms with E-state index in [4.69, 9.17) is 0 Å². The van der Waals surface area contributed by atoms with Gasteiger partial charge < -0.3 is 4.57 Å². The minimum Gasteiger partial charge on any atom is -0.319 e. The minimum absolute atomic E-state index is 0.297. The van der Waals surface area contributed by atoms with Gasteiger partial charge in [-0.15, -0.1) is 0 Å². The largest absolute Gasteiger partial charge is 0.319 e. The van der Waals surface area contributed by atoms with E-state index in [1.54, 1.807) is 28.8 Å². The molecule has 0 saturated heterocycles. The standard InChI is InChI=1S/C15H10BrFN2OS/c1-19-12-6-5-11(17)8-13(12)21-15(19)18-14(20)9-3-2-4-10(16)7-9/h2-8H,1H3. The van der Waals surface area contributed by atoms with E-state index in [1.807, 2.05) is 13.1 Å². The van der Waals surface area contributed by atoms with Crippen molar-refractivity contribution in [3.05, 3.63) is 63.1 Å². The van der Waals surface area contributed by atoms with Gasteiger partial charge in [-0.25, -0.2) is 4.39 Å². The van der Waals surface area contributed by atoms with Gasteiger partial charge in [-0.3, -0.25) is 4.79 Å². The summed E-state index contributed by atoms with van der Waals surface area (Å²) >= 11 is 4.62. The fourth-order valence-corrected chi connectivity index (χ4v) is 3.43. The van der Waals surface area contributed by atoms with Crippen LogP contribution >= 0.6 is 27.3 Å². The summed E-state index contributed by atoms with van der Waals surface area (Å²) in [5.41, 5.74) is 1.36. The van der Waals surface area contributed by atoms with Crippen molar-refractivity contribution in [1.29, 1.82) is 0 Å². The molecule has 0 aliphatic rings. The van der Waals surface area contributed by atoms with Crippen molar-refractivity contribution in [1.82, 2.24) is 4.57 Å². The molecule has 0 fully saturated rings. The molecule has 106 valence electrons. The molecule has 2 aromatic carbocycles. The van der Waals surface area contributed by atoms with E-state index in [-0.39, 0.29) is 11.7 Å². The summed E-state index contributed by atoms with van der Waals surface area (Å²) in [6, 6.07) is 11.6. The summed E-state index contributed by atoms with van der Waals surface area (Å²) < 4.78 is 16.6. The Bertz CT molecular complexity index is 913. The number of halogens is 2. The molecule has 1 aromatic heterocycles. The molecule has 0 N–H and O–H groups in total. The number of hydrogen-bond acceptors (Lipinski definition) is 2. The summed E-state index contributed by atoms with van der Waals surface area (Å²) in [7, 11) is 1.81. The van der Waals surface area contributed by atoms with Crippen LogP contribution in [0.15, 0.2) is 51.9 Å². The SMILES string of the molecule is Cn1c(=NC(=O)c2cccc(Br)c2)sc2cc(F)ccc21. The highest BCUT2D eigenvalue weighted by atomic mass is 79.9. The van der Waals surface area contributed by atoms with Crippen LogP contribution in [-0.4, -0.2) is 10.5 Å². The number of aryl methyl sites for hydroxylation is 1. The number of hydrogen-bond donors (Lipinski definition) is 0. The number of aromatic nitrogens is 1. The third kappa shape index (κ3) is 2.82. The average Bonchev–Trinajstić information content (AvgIpc) is 2.74. The maximum absolute atomic E-state index is 13.2. The lowest BCUT2D eigenvalue weighted by Gasteiger charge is -1.97. The minimum atomic E-state index is -0.320. The average molecular weight is 365 g/mol. The van der Waals surface area contributed by atoms with E-state index < -0.39 is 0 Å². The maximum Gasteiger partial charge on any atom is 0.279 e. The van der Waals surface area contributed by atoms with Gasteiger partial charge in [-0.1, -0.05) is 33.3 Å². The van der Waals surface area contributed by atoms with Gasteiger partial charge >= 0.3 is 0 Å². The second-order valence-electron chi connectivity index (χ2n) is 4.48. The number of benzene rings is 2. The Hall–Kier alpha value is -1.79. The lowest BCUT2D eigenvalue weighted by Crippen LogP contribution is -2.13. The Balaban J connectivity index is 2.11. The molecule has 0 saturated carbocycles. The highest BCUT2D eigenvalue weighted by molar-refractivity contribution is 9.10. The van der Waals surface area contributed by atoms with E-state index in [2.05, 4.69) is 20.9 Å². The molecule has 0 aliphatic heterocycles. The second kappa shape index (κ2) is 5.54. The van der Waals surface area contributed by atoms with E-state index in [1.165, 1.54) is 23.5 Å². The first-order chi connectivity index (χ1) is 10.0. The zero-order chi connectivity index (χ0) is 15.0. The fraction of sp³-hybridized carbons (Fsp3) is 0.0667. The number of fused-ring (bicyclic) bond motifs is 1. The number of rotatable bonds is 1. The number of amides is 1. The first-order valence-electron chi connectivity index (χ1n) is 6.14. The summed E-state index contributed by atoms with van der Waals surface area (Å²) in [5.74, 6) is -0.617. The van der Waals surface area contributed by atoms with Crippen LogP contribution in [0.1, 0.15) is 10.4 Å². The fourth-order valence-electron chi connectivity index (χ4n) is 1.99. The van der Waals surface area contributed by atoms with E-state index in [0.717, 1.165) is 14.7 Å². The first kappa shape index (κ1) is 14.2. The summed E-state index contributed by atoms with van der Waals surface area (Å²) in [4.78, 5) is 16.9. The van der Waals surface area contributed by atoms with E-state index >= 15 is 0 Å². The van der Waals surface area contributed by atoms with Gasteiger partial charge in [0.2, 0.25) is 0 Å². The third-order valence-corrected chi connectivity index (χ3v) is 4.63. The van der Waals surface area contributed by atoms with Gasteiger partial charge in [0.25, 0.3) is 5.91 Å². The third-order valence-electron chi connectivity index (χ3n) is 3.04. The molecule has 0 aliphatic carbocycles. The molecule has 3 rings (SSSR count). The molecule has 6 heteroatoms. The molecule has 1 heterocycles. The summed E-state index contributed by atoms with van der Waals surface area (Å²) in [6.45, 7) is 0. The van der Waals surface area contributed by atoms with Gasteiger partial charge in [0.15, 0.2) is 4.80 Å². The van der Waals surface area contributed by atoms with Crippen molar-refractivity contribution in [2.45, 2.75) is 0 Å². The number of carbonyl (C=O) groups is 1. The first-order valence-corrected chi connectivity index (χ1v) is 7.75. The predicted octanol–water partition coefficient (Wildman–Crippen LogP) is 3.88. The van der Waals surface area contributed by atoms with Gasteiger partial charge in [0.05, 0.1) is 10.2 Å². The monoisotopic (exact) mass is 364 g/mol. The van der Waals surface area contributed by atoms with Crippen LogP contribution < -0.4 is 4.80 Å². The summed E-state index contributed by atoms with van der Waals surface area (Å²) in [5, 5.41) is 0. The van der Waals surface area contributed by atoms with Crippen molar-refractivity contribution in [3.8, 4) is 0 Å². The van der Waals surface area contributed by atoms with E-state index in [0.29, 0.717) is 10.4 Å². The highest BCUT2D eigenvalue weighted by Gasteiger charge is 2.08. The Morgan fingerprint density at radius 2 is 2.10 bits per heavy atom. The molecule has 21 heavy (non-hydrogen) atoms. The number of nitrogens with zero attached hydrogens (tertiary/aromatic N) is 2. The van der Waals surface area contributed by atoms with Crippen molar-refractivity contribution in [3.63, 3.8) is 0 Å². The van der Waals surface area contributed by atoms with Gasteiger partial charge in [-0.05, 0) is 36.4 Å². The van der Waals surface area contributed by atoms with Crippen molar-refractivity contribution >= 4 is 43.4 Å². The van der Waals surface area contributed by atoms with Crippen molar-refractivity contribution in [2.24, 2.45) is 12.0 Å². The van der Waals surface area contributed by atoms with Crippen molar-refractivity contribution < 1.29 is 9.18 Å². The predicted molar refractivity (Wildman–Crippen MR) is 84.8 cm³/mol. The topological polar surface area (TPSA) is 34.4 Å². The van der Waals surface area contributed by atoms with Crippen LogP contribution in [0.5, 0.6) is 0 Å². The Morgan fingerprint density at radius 1 is 1.29 bits per heavy atom. The molecule has 0 radical (unpaired) electrons. The molecule has 3 nitrogen and oxygen atoms in total. The Morgan fingerprint density at radius 3 is 2.86 bits per heavy atom. The molecule has 0 spiro atoms. The maximum atomic E-state index is 13.2. The second-order valence-corrected chi connectivity index (χ2v) is 6.41. The molecular weight excluding hydrogens is 355 g/mol. The van der Waals surface area contributed by atoms with Crippen LogP contribution in [0.2, 0.25) is 0 Å². The summed E-state index contributed by atoms with van der Waals surface area (Å²) in [6.07, 6.45) is 0.